The van der Waals surface area contributed by atoms with Gasteiger partial charge < -0.3 is 25.6 Å². The molecule has 21 heavy (non-hydrogen) atoms. The first-order valence-corrected chi connectivity index (χ1v) is 6.24. The van der Waals surface area contributed by atoms with Crippen LogP contribution >= 0.6 is 0 Å². The van der Waals surface area contributed by atoms with E-state index in [0.717, 1.165) is 5.69 Å². The van der Waals surface area contributed by atoms with Gasteiger partial charge in [-0.05, 0) is 24.3 Å². The minimum Gasteiger partial charge on any atom is -0.506 e. The smallest absolute Gasteiger partial charge is 0.221 e. The number of hydrogen-bond donors (Lipinski definition) is 4. The first-order chi connectivity index (χ1) is 9.99. The van der Waals surface area contributed by atoms with E-state index in [1.54, 1.807) is 31.4 Å². The summed E-state index contributed by atoms with van der Waals surface area (Å²) in [4.78, 5) is 11.0. The molecule has 0 fully saturated rings. The number of phenols is 2. The lowest BCUT2D eigenvalue weighted by Gasteiger charge is -2.12. The molecule has 0 aliphatic rings. The van der Waals surface area contributed by atoms with Gasteiger partial charge >= 0.3 is 0 Å². The standard InChI is InChI=1S/C15H16N2O4/c1-9(18)16-12-7-15(20)13(8-14(12)19)17-10-3-5-11(21-2)6-4-10/h3-8,17,19-20H,1-2H3,(H,16,18). The van der Waals surface area contributed by atoms with Crippen molar-refractivity contribution in [1.82, 2.24) is 0 Å². The zero-order valence-corrected chi connectivity index (χ0v) is 11.7. The lowest BCUT2D eigenvalue weighted by molar-refractivity contribution is -0.114. The van der Waals surface area contributed by atoms with Gasteiger partial charge in [-0.15, -0.1) is 0 Å². The zero-order chi connectivity index (χ0) is 15.4. The van der Waals surface area contributed by atoms with Crippen LogP contribution in [-0.2, 0) is 4.79 Å². The lowest BCUT2D eigenvalue weighted by Crippen LogP contribution is -2.06. The number of carbonyl (C=O) groups is 1. The normalized spacial score (nSPS) is 10.0. The summed E-state index contributed by atoms with van der Waals surface area (Å²) in [6.07, 6.45) is 0. The number of benzene rings is 2. The minimum atomic E-state index is -0.333. The zero-order valence-electron chi connectivity index (χ0n) is 11.7. The molecular weight excluding hydrogens is 272 g/mol. The molecule has 0 atom stereocenters. The molecule has 6 nitrogen and oxygen atoms in total. The quantitative estimate of drug-likeness (QED) is 0.513. The number of hydrogen-bond acceptors (Lipinski definition) is 5. The van der Waals surface area contributed by atoms with E-state index in [1.807, 2.05) is 0 Å². The van der Waals surface area contributed by atoms with Gasteiger partial charge in [-0.2, -0.15) is 0 Å². The number of aromatic hydroxyl groups is 2. The molecule has 0 unspecified atom stereocenters. The molecule has 2 rings (SSSR count). The highest BCUT2D eigenvalue weighted by Crippen LogP contribution is 2.36. The van der Waals surface area contributed by atoms with Gasteiger partial charge in [0.05, 0.1) is 18.5 Å². The third-order valence-electron chi connectivity index (χ3n) is 2.79. The van der Waals surface area contributed by atoms with E-state index in [2.05, 4.69) is 10.6 Å². The van der Waals surface area contributed by atoms with Crippen LogP contribution in [-0.4, -0.2) is 23.2 Å². The summed E-state index contributed by atoms with van der Waals surface area (Å²) < 4.78 is 5.06. The van der Waals surface area contributed by atoms with Crippen molar-refractivity contribution in [3.05, 3.63) is 36.4 Å². The molecule has 0 aliphatic carbocycles. The van der Waals surface area contributed by atoms with Crippen molar-refractivity contribution in [1.29, 1.82) is 0 Å². The molecule has 110 valence electrons. The number of amides is 1. The van der Waals surface area contributed by atoms with E-state index in [4.69, 9.17) is 4.74 Å². The highest BCUT2D eigenvalue weighted by atomic mass is 16.5. The van der Waals surface area contributed by atoms with Crippen molar-refractivity contribution in [2.75, 3.05) is 17.7 Å². The molecule has 2 aromatic rings. The van der Waals surface area contributed by atoms with Gasteiger partial charge in [0.15, 0.2) is 0 Å². The van der Waals surface area contributed by atoms with Crippen LogP contribution in [0.2, 0.25) is 0 Å². The minimum absolute atomic E-state index is 0.0904. The molecule has 0 saturated carbocycles. The maximum atomic E-state index is 11.0. The van der Waals surface area contributed by atoms with Crippen molar-refractivity contribution in [3.63, 3.8) is 0 Å². The summed E-state index contributed by atoms with van der Waals surface area (Å²) >= 11 is 0. The van der Waals surface area contributed by atoms with Crippen LogP contribution in [0.25, 0.3) is 0 Å². The Morgan fingerprint density at radius 2 is 1.62 bits per heavy atom. The fourth-order valence-corrected chi connectivity index (χ4v) is 1.80. The highest BCUT2D eigenvalue weighted by molar-refractivity contribution is 5.91. The summed E-state index contributed by atoms with van der Waals surface area (Å²) in [5.74, 6) is 0.153. The van der Waals surface area contributed by atoms with Crippen LogP contribution < -0.4 is 15.4 Å². The largest absolute Gasteiger partial charge is 0.506 e. The van der Waals surface area contributed by atoms with Crippen LogP contribution in [0.3, 0.4) is 0 Å². The van der Waals surface area contributed by atoms with E-state index in [1.165, 1.54) is 19.1 Å². The fourth-order valence-electron chi connectivity index (χ4n) is 1.80. The fraction of sp³-hybridized carbons (Fsp3) is 0.133. The third kappa shape index (κ3) is 3.56. The Hall–Kier alpha value is -2.89. The summed E-state index contributed by atoms with van der Waals surface area (Å²) in [6, 6.07) is 9.71. The van der Waals surface area contributed by atoms with E-state index in [9.17, 15) is 15.0 Å². The van der Waals surface area contributed by atoms with Crippen LogP contribution in [0, 0.1) is 0 Å². The number of methoxy groups -OCH3 is 1. The molecule has 1 amide bonds. The van der Waals surface area contributed by atoms with E-state index in [0.29, 0.717) is 11.4 Å². The molecule has 0 heterocycles. The Labute approximate surface area is 122 Å². The molecule has 6 heteroatoms. The van der Waals surface area contributed by atoms with Crippen molar-refractivity contribution < 1.29 is 19.7 Å². The van der Waals surface area contributed by atoms with Crippen molar-refractivity contribution >= 4 is 23.0 Å². The number of carbonyl (C=O) groups excluding carboxylic acids is 1. The Balaban J connectivity index is 2.23. The van der Waals surface area contributed by atoms with E-state index >= 15 is 0 Å². The van der Waals surface area contributed by atoms with Gasteiger partial charge in [0, 0.05) is 24.7 Å². The van der Waals surface area contributed by atoms with Crippen LogP contribution in [0.15, 0.2) is 36.4 Å². The second kappa shape index (κ2) is 6.04. The van der Waals surface area contributed by atoms with Gasteiger partial charge in [0.1, 0.15) is 17.2 Å². The van der Waals surface area contributed by atoms with Gasteiger partial charge in [-0.1, -0.05) is 0 Å². The molecule has 0 aromatic heterocycles. The summed E-state index contributed by atoms with van der Waals surface area (Å²) in [5.41, 5.74) is 1.20. The molecule has 4 N–H and O–H groups in total. The molecule has 0 saturated heterocycles. The van der Waals surface area contributed by atoms with Gasteiger partial charge in [0.2, 0.25) is 5.91 Å². The number of phenolic OH excluding ortho intramolecular Hbond substituents is 2. The van der Waals surface area contributed by atoms with Crippen molar-refractivity contribution in [2.45, 2.75) is 6.92 Å². The van der Waals surface area contributed by atoms with Crippen LogP contribution in [0.4, 0.5) is 17.1 Å². The molecule has 0 radical (unpaired) electrons. The second-order valence-electron chi connectivity index (χ2n) is 4.42. The molecule has 0 spiro atoms. The van der Waals surface area contributed by atoms with Crippen molar-refractivity contribution in [3.8, 4) is 17.2 Å². The first kappa shape index (κ1) is 14.5. The number of anilines is 3. The summed E-state index contributed by atoms with van der Waals surface area (Å²) in [5, 5.41) is 25.2. The maximum Gasteiger partial charge on any atom is 0.221 e. The van der Waals surface area contributed by atoms with Gasteiger partial charge in [0.25, 0.3) is 0 Å². The third-order valence-corrected chi connectivity index (χ3v) is 2.79. The second-order valence-corrected chi connectivity index (χ2v) is 4.42. The Kier molecular flexibility index (Phi) is 4.18. The van der Waals surface area contributed by atoms with Gasteiger partial charge in [-0.3, -0.25) is 4.79 Å². The summed E-state index contributed by atoms with van der Waals surface area (Å²) in [6.45, 7) is 1.32. The Bertz CT molecular complexity index is 653. The molecular formula is C15H16N2O4. The van der Waals surface area contributed by atoms with Crippen LogP contribution in [0.1, 0.15) is 6.92 Å². The van der Waals surface area contributed by atoms with E-state index in [-0.39, 0.29) is 23.1 Å². The SMILES string of the molecule is COc1ccc(Nc2cc(O)c(NC(C)=O)cc2O)cc1. The molecule has 2 aromatic carbocycles. The average Bonchev–Trinajstić information content (AvgIpc) is 2.44. The Morgan fingerprint density at radius 3 is 2.19 bits per heavy atom. The van der Waals surface area contributed by atoms with Gasteiger partial charge in [-0.25, -0.2) is 0 Å². The van der Waals surface area contributed by atoms with Crippen LogP contribution in [0.5, 0.6) is 17.2 Å². The molecule has 0 bridgehead atoms. The van der Waals surface area contributed by atoms with E-state index < -0.39 is 0 Å². The highest BCUT2D eigenvalue weighted by Gasteiger charge is 2.10. The lowest BCUT2D eigenvalue weighted by atomic mass is 10.2. The average molecular weight is 288 g/mol. The Morgan fingerprint density at radius 1 is 1.05 bits per heavy atom. The monoisotopic (exact) mass is 288 g/mol. The number of nitrogens with one attached hydrogen (secondary N) is 2. The predicted octanol–water partition coefficient (Wildman–Crippen LogP) is 2.81. The summed E-state index contributed by atoms with van der Waals surface area (Å²) in [7, 11) is 1.58. The number of rotatable bonds is 4. The number of ether oxygens (including phenoxy) is 1. The van der Waals surface area contributed by atoms with Crippen molar-refractivity contribution in [2.24, 2.45) is 0 Å². The topological polar surface area (TPSA) is 90.8 Å². The predicted molar refractivity (Wildman–Crippen MR) is 80.4 cm³/mol. The maximum absolute atomic E-state index is 11.0. The first-order valence-electron chi connectivity index (χ1n) is 6.24. The molecule has 0 aliphatic heterocycles.